The van der Waals surface area contributed by atoms with Gasteiger partial charge in [0.05, 0.1) is 5.69 Å². The van der Waals surface area contributed by atoms with Crippen LogP contribution in [0.15, 0.2) is 15.7 Å². The Bertz CT molecular complexity index is 428. The van der Waals surface area contributed by atoms with E-state index in [9.17, 15) is 4.79 Å². The van der Waals surface area contributed by atoms with E-state index in [-0.39, 0.29) is 17.7 Å². The Balaban J connectivity index is 2.01. The molecule has 1 saturated carbocycles. The molecule has 0 aromatic carbocycles. The molecule has 1 amide bonds. The van der Waals surface area contributed by atoms with Crippen LogP contribution in [0.1, 0.15) is 35.0 Å². The van der Waals surface area contributed by atoms with Gasteiger partial charge in [-0.15, -0.1) is 0 Å². The third-order valence-electron chi connectivity index (χ3n) is 2.52. The van der Waals surface area contributed by atoms with E-state index in [1.807, 2.05) is 0 Å². The molecule has 2 N–H and O–H groups in total. The third-order valence-corrected chi connectivity index (χ3v) is 2.52. The molecular formula is C8H9N5O2. The number of amides is 1. The zero-order valence-electron chi connectivity index (χ0n) is 7.83. The molecule has 7 heteroatoms. The van der Waals surface area contributed by atoms with Gasteiger partial charge in [0.25, 0.3) is 5.91 Å². The number of aromatic nitrogens is 1. The molecule has 1 aliphatic rings. The Hall–Kier alpha value is -2.01. The summed E-state index contributed by atoms with van der Waals surface area (Å²) in [6.45, 7) is 0. The van der Waals surface area contributed by atoms with E-state index in [1.165, 1.54) is 0 Å². The number of hydrogen-bond acceptors (Lipinski definition) is 4. The lowest BCUT2D eigenvalue weighted by molar-refractivity contribution is 0.0964. The second kappa shape index (κ2) is 3.62. The summed E-state index contributed by atoms with van der Waals surface area (Å²) in [4.78, 5) is 13.5. The zero-order chi connectivity index (χ0) is 10.8. The number of carbonyl (C=O) groups is 1. The van der Waals surface area contributed by atoms with Crippen molar-refractivity contribution >= 4 is 5.91 Å². The lowest BCUT2D eigenvalue weighted by Crippen LogP contribution is -2.24. The fourth-order valence-corrected chi connectivity index (χ4v) is 1.59. The predicted octanol–water partition coefficient (Wildman–Crippen LogP) is 1.33. The summed E-state index contributed by atoms with van der Waals surface area (Å²) in [7, 11) is 0. The van der Waals surface area contributed by atoms with E-state index < -0.39 is 5.91 Å². The fourth-order valence-electron chi connectivity index (χ4n) is 1.59. The van der Waals surface area contributed by atoms with Crippen molar-refractivity contribution in [3.05, 3.63) is 28.0 Å². The molecule has 0 radical (unpaired) electrons. The molecule has 7 nitrogen and oxygen atoms in total. The Labute approximate surface area is 84.9 Å². The van der Waals surface area contributed by atoms with Gasteiger partial charge in [0, 0.05) is 22.9 Å². The summed E-state index contributed by atoms with van der Waals surface area (Å²) in [5, 5.41) is 7.32. The minimum Gasteiger partial charge on any atom is -0.363 e. The minimum absolute atomic E-state index is 0.0359. The van der Waals surface area contributed by atoms with Gasteiger partial charge in [0.2, 0.25) is 5.76 Å². The highest BCUT2D eigenvalue weighted by Gasteiger charge is 2.32. The van der Waals surface area contributed by atoms with Crippen LogP contribution in [0, 0.1) is 0 Å². The van der Waals surface area contributed by atoms with Crippen LogP contribution in [-0.4, -0.2) is 17.1 Å². The number of nitrogens with two attached hydrogens (primary N) is 1. The highest BCUT2D eigenvalue weighted by molar-refractivity contribution is 5.89. The zero-order valence-corrected chi connectivity index (χ0v) is 7.83. The molecule has 1 aliphatic carbocycles. The number of primary amides is 1. The molecule has 0 aliphatic heterocycles. The standard InChI is InChI=1S/C8H9N5O2/c9-8(14)7-3-6(12-15-7)4-1-5(2-4)11-13-10/h3-5H,1-2H2,(H2,9,14)/t4-,5-. The summed E-state index contributed by atoms with van der Waals surface area (Å²) >= 11 is 0. The second-order valence-electron chi connectivity index (χ2n) is 3.51. The molecule has 15 heavy (non-hydrogen) atoms. The molecule has 1 fully saturated rings. The first-order valence-electron chi connectivity index (χ1n) is 4.51. The Kier molecular flexibility index (Phi) is 2.31. The Morgan fingerprint density at radius 2 is 2.47 bits per heavy atom. The summed E-state index contributed by atoms with van der Waals surface area (Å²) in [5.74, 6) is -0.353. The van der Waals surface area contributed by atoms with Crippen molar-refractivity contribution in [1.82, 2.24) is 5.16 Å². The smallest absolute Gasteiger partial charge is 0.287 e. The van der Waals surface area contributed by atoms with Crippen LogP contribution in [0.3, 0.4) is 0 Å². The van der Waals surface area contributed by atoms with Crippen molar-refractivity contribution in [2.75, 3.05) is 0 Å². The predicted molar refractivity (Wildman–Crippen MR) is 49.9 cm³/mol. The Morgan fingerprint density at radius 1 is 1.73 bits per heavy atom. The van der Waals surface area contributed by atoms with E-state index in [1.54, 1.807) is 6.07 Å². The molecule has 1 aromatic rings. The minimum atomic E-state index is -0.625. The second-order valence-corrected chi connectivity index (χ2v) is 3.51. The molecule has 2 rings (SSSR count). The van der Waals surface area contributed by atoms with E-state index >= 15 is 0 Å². The van der Waals surface area contributed by atoms with Gasteiger partial charge in [-0.3, -0.25) is 4.79 Å². The molecule has 0 atom stereocenters. The van der Waals surface area contributed by atoms with Crippen LogP contribution in [-0.2, 0) is 0 Å². The number of nitrogens with zero attached hydrogens (tertiary/aromatic N) is 4. The van der Waals surface area contributed by atoms with Crippen molar-refractivity contribution in [3.8, 4) is 0 Å². The topological polar surface area (TPSA) is 118 Å². The van der Waals surface area contributed by atoms with Crippen LogP contribution < -0.4 is 5.73 Å². The lowest BCUT2D eigenvalue weighted by atomic mass is 9.79. The lowest BCUT2D eigenvalue weighted by Gasteiger charge is -2.29. The van der Waals surface area contributed by atoms with E-state index in [2.05, 4.69) is 15.2 Å². The Morgan fingerprint density at radius 3 is 3.00 bits per heavy atom. The molecule has 1 heterocycles. The highest BCUT2D eigenvalue weighted by atomic mass is 16.5. The average molecular weight is 207 g/mol. The van der Waals surface area contributed by atoms with Gasteiger partial charge in [-0.2, -0.15) is 0 Å². The molecule has 1 aromatic heterocycles. The highest BCUT2D eigenvalue weighted by Crippen LogP contribution is 2.38. The molecule has 0 saturated heterocycles. The first-order chi connectivity index (χ1) is 7.20. The van der Waals surface area contributed by atoms with E-state index in [0.29, 0.717) is 5.69 Å². The van der Waals surface area contributed by atoms with Crippen LogP contribution in [0.5, 0.6) is 0 Å². The first kappa shape index (κ1) is 9.54. The number of rotatable bonds is 3. The fraction of sp³-hybridized carbons (Fsp3) is 0.500. The van der Waals surface area contributed by atoms with Gasteiger partial charge in [-0.25, -0.2) is 0 Å². The third kappa shape index (κ3) is 1.77. The van der Waals surface area contributed by atoms with Gasteiger partial charge in [-0.1, -0.05) is 10.3 Å². The van der Waals surface area contributed by atoms with Gasteiger partial charge in [0.1, 0.15) is 0 Å². The van der Waals surface area contributed by atoms with Crippen LogP contribution in [0.25, 0.3) is 10.4 Å². The van der Waals surface area contributed by atoms with Gasteiger partial charge < -0.3 is 10.3 Å². The van der Waals surface area contributed by atoms with Crippen molar-refractivity contribution in [2.45, 2.75) is 24.8 Å². The maximum Gasteiger partial charge on any atom is 0.287 e. The SMILES string of the molecule is [N-]=[N+]=N[C@H]1C[C@H](c2cc(C(N)=O)on2)C1. The van der Waals surface area contributed by atoms with E-state index in [4.69, 9.17) is 15.8 Å². The largest absolute Gasteiger partial charge is 0.363 e. The first-order valence-corrected chi connectivity index (χ1v) is 4.51. The van der Waals surface area contributed by atoms with Crippen molar-refractivity contribution in [1.29, 1.82) is 0 Å². The normalized spacial score (nSPS) is 24.0. The molecule has 0 spiro atoms. The quantitative estimate of drug-likeness (QED) is 0.457. The van der Waals surface area contributed by atoms with Crippen LogP contribution in [0.2, 0.25) is 0 Å². The maximum absolute atomic E-state index is 10.7. The number of azide groups is 1. The van der Waals surface area contributed by atoms with Crippen LogP contribution in [0.4, 0.5) is 0 Å². The summed E-state index contributed by atoms with van der Waals surface area (Å²) in [6, 6.07) is 1.58. The van der Waals surface area contributed by atoms with Crippen LogP contribution >= 0.6 is 0 Å². The molecular weight excluding hydrogens is 198 g/mol. The molecule has 0 unspecified atom stereocenters. The molecule has 0 bridgehead atoms. The van der Waals surface area contributed by atoms with Crippen molar-refractivity contribution in [2.24, 2.45) is 10.8 Å². The maximum atomic E-state index is 10.7. The van der Waals surface area contributed by atoms with E-state index in [0.717, 1.165) is 12.8 Å². The van der Waals surface area contributed by atoms with Gasteiger partial charge in [-0.05, 0) is 18.4 Å². The van der Waals surface area contributed by atoms with Crippen molar-refractivity contribution in [3.63, 3.8) is 0 Å². The number of carbonyl (C=O) groups excluding carboxylic acids is 1. The van der Waals surface area contributed by atoms with Crippen molar-refractivity contribution < 1.29 is 9.32 Å². The van der Waals surface area contributed by atoms with Gasteiger partial charge >= 0.3 is 0 Å². The monoisotopic (exact) mass is 207 g/mol. The van der Waals surface area contributed by atoms with Gasteiger partial charge in [0.15, 0.2) is 0 Å². The summed E-state index contributed by atoms with van der Waals surface area (Å²) in [5.41, 5.74) is 13.9. The summed E-state index contributed by atoms with van der Waals surface area (Å²) in [6.07, 6.45) is 1.49. The molecule has 78 valence electrons. The number of hydrogen-bond donors (Lipinski definition) is 1. The average Bonchev–Trinajstić information content (AvgIpc) is 2.59. The summed E-state index contributed by atoms with van der Waals surface area (Å²) < 4.78 is 4.75.